The van der Waals surface area contributed by atoms with Crippen LogP contribution < -0.4 is 20.9 Å². The highest BCUT2D eigenvalue weighted by Crippen LogP contribution is 2.24. The van der Waals surface area contributed by atoms with Gasteiger partial charge in [-0.2, -0.15) is 0 Å². The van der Waals surface area contributed by atoms with Crippen LogP contribution in [0.5, 0.6) is 5.75 Å². The summed E-state index contributed by atoms with van der Waals surface area (Å²) in [7, 11) is 3.55. The Hall–Kier alpha value is -2.83. The van der Waals surface area contributed by atoms with Gasteiger partial charge >= 0.3 is 0 Å². The number of rotatable bonds is 5. The van der Waals surface area contributed by atoms with Gasteiger partial charge in [0.2, 0.25) is 0 Å². The second-order valence-electron chi connectivity index (χ2n) is 6.91. The summed E-state index contributed by atoms with van der Waals surface area (Å²) in [5.74, 6) is 0.714. The molecule has 140 valence electrons. The summed E-state index contributed by atoms with van der Waals surface area (Å²) in [6.07, 6.45) is 0.927. The summed E-state index contributed by atoms with van der Waals surface area (Å²) in [5.41, 5.74) is 9.49. The smallest absolute Gasteiger partial charge is 0.267 e. The number of nitrogens with one attached hydrogen (secondary N) is 3. The highest BCUT2D eigenvalue weighted by atomic mass is 16.5. The lowest BCUT2D eigenvalue weighted by Crippen LogP contribution is -2.40. The second-order valence-corrected chi connectivity index (χ2v) is 6.91. The molecule has 3 aromatic rings. The third-order valence-electron chi connectivity index (χ3n) is 5.18. The number of carbonyl (C=O) groups excluding carboxylic acids is 1. The van der Waals surface area contributed by atoms with E-state index in [1.165, 1.54) is 5.56 Å². The Kier molecular flexibility index (Phi) is 4.83. The Morgan fingerprint density at radius 3 is 2.78 bits per heavy atom. The van der Waals surface area contributed by atoms with Gasteiger partial charge in [0.15, 0.2) is 0 Å². The average molecular weight is 364 g/mol. The Labute approximate surface area is 158 Å². The largest absolute Gasteiger partial charge is 0.497 e. The van der Waals surface area contributed by atoms with Crippen LogP contribution in [-0.2, 0) is 7.05 Å². The maximum atomic E-state index is 12.7. The van der Waals surface area contributed by atoms with Crippen molar-refractivity contribution in [3.05, 3.63) is 65.9 Å². The van der Waals surface area contributed by atoms with Crippen molar-refractivity contribution < 1.29 is 9.53 Å². The number of nitrogens with zero attached hydrogens (tertiary/aromatic N) is 1. The van der Waals surface area contributed by atoms with E-state index in [0.29, 0.717) is 12.2 Å². The van der Waals surface area contributed by atoms with Crippen LogP contribution in [0.15, 0.2) is 54.6 Å². The Morgan fingerprint density at radius 2 is 2.00 bits per heavy atom. The molecular formula is C21H24N4O2. The van der Waals surface area contributed by atoms with Gasteiger partial charge in [-0.05, 0) is 36.2 Å². The summed E-state index contributed by atoms with van der Waals surface area (Å²) >= 11 is 0. The molecular weight excluding hydrogens is 340 g/mol. The summed E-state index contributed by atoms with van der Waals surface area (Å²) < 4.78 is 7.18. The molecule has 3 N–H and O–H groups in total. The van der Waals surface area contributed by atoms with E-state index in [2.05, 4.69) is 28.3 Å². The van der Waals surface area contributed by atoms with Gasteiger partial charge < -0.3 is 14.6 Å². The average Bonchev–Trinajstić information content (AvgIpc) is 3.31. The van der Waals surface area contributed by atoms with Crippen molar-refractivity contribution in [1.82, 2.24) is 20.7 Å². The molecule has 6 nitrogen and oxygen atoms in total. The lowest BCUT2D eigenvalue weighted by atomic mass is 10.0. The predicted molar refractivity (Wildman–Crippen MR) is 106 cm³/mol. The minimum Gasteiger partial charge on any atom is -0.497 e. The molecule has 27 heavy (non-hydrogen) atoms. The molecule has 0 radical (unpaired) electrons. The standard InChI is InChI=1S/C21H24N4O2/c1-25-19-9-8-17(27-2)10-15(19)11-20(25)21(26)22-13-16-12-18(24-23-16)14-6-4-3-5-7-14/h3-11,16,18,23-24H,12-13H2,1-2H3,(H,22,26). The lowest BCUT2D eigenvalue weighted by molar-refractivity contribution is 0.0942. The van der Waals surface area contributed by atoms with Crippen molar-refractivity contribution in [1.29, 1.82) is 0 Å². The lowest BCUT2D eigenvalue weighted by Gasteiger charge is -2.11. The SMILES string of the molecule is COc1ccc2c(c1)cc(C(=O)NCC1CC(c3ccccc3)NN1)n2C. The van der Waals surface area contributed by atoms with Gasteiger partial charge in [-0.3, -0.25) is 10.2 Å². The zero-order chi connectivity index (χ0) is 18.8. The van der Waals surface area contributed by atoms with Crippen LogP contribution in [0, 0.1) is 0 Å². The molecule has 1 amide bonds. The zero-order valence-corrected chi connectivity index (χ0v) is 15.5. The van der Waals surface area contributed by atoms with Crippen LogP contribution in [0.3, 0.4) is 0 Å². The highest BCUT2D eigenvalue weighted by Gasteiger charge is 2.25. The maximum absolute atomic E-state index is 12.7. The predicted octanol–water partition coefficient (Wildman–Crippen LogP) is 2.52. The number of ether oxygens (including phenoxy) is 1. The van der Waals surface area contributed by atoms with Crippen LogP contribution >= 0.6 is 0 Å². The molecule has 2 atom stereocenters. The van der Waals surface area contributed by atoms with Gasteiger partial charge in [-0.25, -0.2) is 5.43 Å². The summed E-state index contributed by atoms with van der Waals surface area (Å²) in [5, 5.41) is 4.04. The molecule has 0 bridgehead atoms. The zero-order valence-electron chi connectivity index (χ0n) is 15.5. The molecule has 0 saturated carbocycles. The molecule has 0 aliphatic carbocycles. The summed E-state index contributed by atoms with van der Waals surface area (Å²) in [6, 6.07) is 18.5. The third kappa shape index (κ3) is 3.54. The first kappa shape index (κ1) is 17.6. The van der Waals surface area contributed by atoms with Crippen LogP contribution in [0.4, 0.5) is 0 Å². The van der Waals surface area contributed by atoms with Gasteiger partial charge in [0, 0.05) is 36.6 Å². The monoisotopic (exact) mass is 364 g/mol. The van der Waals surface area contributed by atoms with E-state index in [0.717, 1.165) is 23.1 Å². The molecule has 0 spiro atoms. The number of fused-ring (bicyclic) bond motifs is 1. The van der Waals surface area contributed by atoms with Crippen molar-refractivity contribution in [3.63, 3.8) is 0 Å². The number of benzene rings is 2. The van der Waals surface area contributed by atoms with Crippen LogP contribution in [0.1, 0.15) is 28.5 Å². The highest BCUT2D eigenvalue weighted by molar-refractivity contribution is 5.99. The second kappa shape index (κ2) is 7.42. The maximum Gasteiger partial charge on any atom is 0.267 e. The normalized spacial score (nSPS) is 19.3. The van der Waals surface area contributed by atoms with Crippen molar-refractivity contribution in [2.75, 3.05) is 13.7 Å². The van der Waals surface area contributed by atoms with E-state index in [4.69, 9.17) is 4.74 Å². The number of aryl methyl sites for hydroxylation is 1. The number of aromatic nitrogens is 1. The summed E-state index contributed by atoms with van der Waals surface area (Å²) in [6.45, 7) is 0.569. The quantitative estimate of drug-likeness (QED) is 0.651. The Bertz CT molecular complexity index is 951. The molecule has 2 heterocycles. The van der Waals surface area contributed by atoms with Crippen molar-refractivity contribution in [3.8, 4) is 5.75 Å². The topological polar surface area (TPSA) is 67.3 Å². The van der Waals surface area contributed by atoms with E-state index in [1.54, 1.807) is 7.11 Å². The van der Waals surface area contributed by atoms with Crippen LogP contribution in [0.25, 0.3) is 10.9 Å². The van der Waals surface area contributed by atoms with Crippen LogP contribution in [-0.4, -0.2) is 30.2 Å². The van der Waals surface area contributed by atoms with Crippen LogP contribution in [0.2, 0.25) is 0 Å². The van der Waals surface area contributed by atoms with Gasteiger partial charge in [-0.1, -0.05) is 30.3 Å². The van der Waals surface area contributed by atoms with Gasteiger partial charge in [-0.15, -0.1) is 0 Å². The van der Waals surface area contributed by atoms with E-state index in [1.807, 2.05) is 54.1 Å². The van der Waals surface area contributed by atoms with E-state index >= 15 is 0 Å². The minimum atomic E-state index is -0.0716. The first-order chi connectivity index (χ1) is 13.2. The van der Waals surface area contributed by atoms with Crippen molar-refractivity contribution >= 4 is 16.8 Å². The fourth-order valence-corrected chi connectivity index (χ4v) is 3.64. The number of amides is 1. The van der Waals surface area contributed by atoms with E-state index in [-0.39, 0.29) is 18.0 Å². The number of methoxy groups -OCH3 is 1. The molecule has 1 aromatic heterocycles. The fraction of sp³-hybridized carbons (Fsp3) is 0.286. The fourth-order valence-electron chi connectivity index (χ4n) is 3.64. The molecule has 1 saturated heterocycles. The first-order valence-electron chi connectivity index (χ1n) is 9.13. The molecule has 6 heteroatoms. The number of hydrogen-bond donors (Lipinski definition) is 3. The Morgan fingerprint density at radius 1 is 1.19 bits per heavy atom. The van der Waals surface area contributed by atoms with Gasteiger partial charge in [0.05, 0.1) is 7.11 Å². The van der Waals surface area contributed by atoms with Gasteiger partial charge in [0.25, 0.3) is 5.91 Å². The number of hydrazine groups is 1. The Balaban J connectivity index is 1.40. The van der Waals surface area contributed by atoms with Gasteiger partial charge in [0.1, 0.15) is 11.4 Å². The molecule has 2 aromatic carbocycles. The van der Waals surface area contributed by atoms with E-state index < -0.39 is 0 Å². The molecule has 1 aliphatic rings. The number of carbonyl (C=O) groups is 1. The molecule has 4 rings (SSSR count). The van der Waals surface area contributed by atoms with E-state index in [9.17, 15) is 4.79 Å². The molecule has 1 fully saturated rings. The molecule has 1 aliphatic heterocycles. The van der Waals surface area contributed by atoms with Crippen molar-refractivity contribution in [2.45, 2.75) is 18.5 Å². The third-order valence-corrected chi connectivity index (χ3v) is 5.18. The number of hydrogen-bond acceptors (Lipinski definition) is 4. The summed E-state index contributed by atoms with van der Waals surface area (Å²) in [4.78, 5) is 12.7. The van der Waals surface area contributed by atoms with Crippen molar-refractivity contribution in [2.24, 2.45) is 7.05 Å². The first-order valence-corrected chi connectivity index (χ1v) is 9.13. The minimum absolute atomic E-state index is 0.0716. The molecule has 2 unspecified atom stereocenters.